The van der Waals surface area contributed by atoms with E-state index in [0.29, 0.717) is 26.1 Å². The minimum Gasteiger partial charge on any atom is -0.497 e. The first-order valence-corrected chi connectivity index (χ1v) is 7.95. The van der Waals surface area contributed by atoms with Gasteiger partial charge in [0.05, 0.1) is 20.3 Å². The lowest BCUT2D eigenvalue weighted by Gasteiger charge is -2.25. The van der Waals surface area contributed by atoms with E-state index in [0.717, 1.165) is 11.3 Å². The normalized spacial score (nSPS) is 30.5. The highest BCUT2D eigenvalue weighted by molar-refractivity contribution is 5.87. The Bertz CT molecular complexity index is 615. The van der Waals surface area contributed by atoms with Gasteiger partial charge in [-0.2, -0.15) is 0 Å². The molecule has 0 radical (unpaired) electrons. The van der Waals surface area contributed by atoms with Gasteiger partial charge in [0, 0.05) is 12.5 Å². The van der Waals surface area contributed by atoms with E-state index in [1.54, 1.807) is 18.1 Å². The van der Waals surface area contributed by atoms with E-state index in [1.807, 2.05) is 25.1 Å². The number of methoxy groups -OCH3 is 1. The highest BCUT2D eigenvalue weighted by atomic mass is 16.5. The summed E-state index contributed by atoms with van der Waals surface area (Å²) >= 11 is 0. The van der Waals surface area contributed by atoms with Crippen LogP contribution in [0, 0.1) is 0 Å². The summed E-state index contributed by atoms with van der Waals surface area (Å²) in [5.41, 5.74) is 0.497. The summed E-state index contributed by atoms with van der Waals surface area (Å²) in [6.07, 6.45) is 3.31. The van der Waals surface area contributed by atoms with Crippen LogP contribution in [0.3, 0.4) is 0 Å². The number of hydrogen-bond acceptors (Lipinski definition) is 4. The predicted octanol–water partition coefficient (Wildman–Crippen LogP) is 1.72. The minimum atomic E-state index is -0.648. The zero-order chi connectivity index (χ0) is 16.4. The van der Waals surface area contributed by atoms with Crippen molar-refractivity contribution in [1.29, 1.82) is 0 Å². The van der Waals surface area contributed by atoms with Crippen molar-refractivity contribution in [2.75, 3.05) is 26.8 Å². The van der Waals surface area contributed by atoms with Crippen LogP contribution in [-0.2, 0) is 9.53 Å². The lowest BCUT2D eigenvalue weighted by molar-refractivity contribution is -0.126. The number of aliphatic hydroxyl groups is 1. The monoisotopic (exact) mass is 317 g/mol. The summed E-state index contributed by atoms with van der Waals surface area (Å²) in [7, 11) is 1.65. The first-order valence-electron chi connectivity index (χ1n) is 7.95. The van der Waals surface area contributed by atoms with Crippen molar-refractivity contribution in [3.63, 3.8) is 0 Å². The summed E-state index contributed by atoms with van der Waals surface area (Å²) in [6.45, 7) is 3.13. The predicted molar refractivity (Wildman–Crippen MR) is 86.4 cm³/mol. The third-order valence-electron chi connectivity index (χ3n) is 4.81. The van der Waals surface area contributed by atoms with Crippen LogP contribution in [0.5, 0.6) is 5.75 Å². The number of ether oxygens (including phenoxy) is 2. The summed E-state index contributed by atoms with van der Waals surface area (Å²) in [5, 5.41) is 10.5. The quantitative estimate of drug-likeness (QED) is 0.863. The molecule has 5 heteroatoms. The van der Waals surface area contributed by atoms with E-state index < -0.39 is 11.7 Å². The molecule has 2 aliphatic heterocycles. The summed E-state index contributed by atoms with van der Waals surface area (Å²) in [5.74, 6) is 0.952. The fourth-order valence-electron chi connectivity index (χ4n) is 3.54. The molecule has 5 nitrogen and oxygen atoms in total. The van der Waals surface area contributed by atoms with E-state index in [9.17, 15) is 9.90 Å². The van der Waals surface area contributed by atoms with Crippen LogP contribution in [0.15, 0.2) is 36.4 Å². The molecule has 3 rings (SSSR count). The molecule has 1 N–H and O–H groups in total. The number of rotatable bonds is 3. The molecule has 23 heavy (non-hydrogen) atoms. The minimum absolute atomic E-state index is 0.0724. The molecule has 2 fully saturated rings. The van der Waals surface area contributed by atoms with Gasteiger partial charge in [-0.1, -0.05) is 18.2 Å². The molecule has 2 aliphatic rings. The van der Waals surface area contributed by atoms with Gasteiger partial charge in [0.2, 0.25) is 5.91 Å². The molecule has 2 saturated heterocycles. The number of aliphatic hydroxyl groups excluding tert-OH is 1. The molecule has 1 aromatic rings. The maximum absolute atomic E-state index is 12.0. The molecule has 1 spiro atoms. The Labute approximate surface area is 136 Å². The van der Waals surface area contributed by atoms with Gasteiger partial charge in [0.15, 0.2) is 0 Å². The Morgan fingerprint density at radius 3 is 3.09 bits per heavy atom. The van der Waals surface area contributed by atoms with Crippen LogP contribution < -0.4 is 4.74 Å². The van der Waals surface area contributed by atoms with Crippen LogP contribution >= 0.6 is 0 Å². The van der Waals surface area contributed by atoms with Gasteiger partial charge in [0.25, 0.3) is 0 Å². The van der Waals surface area contributed by atoms with Gasteiger partial charge >= 0.3 is 0 Å². The van der Waals surface area contributed by atoms with Crippen LogP contribution in [-0.4, -0.2) is 54.4 Å². The fraction of sp³-hybridized carbons (Fsp3) is 0.500. The largest absolute Gasteiger partial charge is 0.497 e. The van der Waals surface area contributed by atoms with Crippen molar-refractivity contribution >= 4 is 5.91 Å². The van der Waals surface area contributed by atoms with E-state index in [-0.39, 0.29) is 11.8 Å². The van der Waals surface area contributed by atoms with Crippen LogP contribution in [0.25, 0.3) is 0 Å². The second-order valence-electron chi connectivity index (χ2n) is 6.29. The summed E-state index contributed by atoms with van der Waals surface area (Å²) in [4.78, 5) is 13.7. The SMILES string of the molecule is C/C=C/C(=O)N1C[C@@H](O)[C@@]2(C[C@H](c3cccc(OC)c3)CO2)C1. The lowest BCUT2D eigenvalue weighted by Crippen LogP contribution is -2.41. The van der Waals surface area contributed by atoms with Crippen molar-refractivity contribution in [2.45, 2.75) is 31.0 Å². The number of β-amino-alcohol motifs (C(OH)–C–C–N with tert-alkyl or cyclic N) is 1. The van der Waals surface area contributed by atoms with Crippen LogP contribution in [0.4, 0.5) is 0 Å². The third kappa shape index (κ3) is 2.99. The topological polar surface area (TPSA) is 59.0 Å². The second kappa shape index (κ2) is 6.34. The number of carbonyl (C=O) groups excluding carboxylic acids is 1. The summed E-state index contributed by atoms with van der Waals surface area (Å²) < 4.78 is 11.3. The maximum Gasteiger partial charge on any atom is 0.246 e. The van der Waals surface area contributed by atoms with E-state index in [1.165, 1.54) is 6.08 Å². The smallest absolute Gasteiger partial charge is 0.246 e. The molecule has 1 aromatic carbocycles. The van der Waals surface area contributed by atoms with E-state index >= 15 is 0 Å². The first kappa shape index (κ1) is 16.0. The maximum atomic E-state index is 12.0. The average Bonchev–Trinajstić information content (AvgIpc) is 3.13. The number of nitrogens with zero attached hydrogens (tertiary/aromatic N) is 1. The molecule has 0 aromatic heterocycles. The Balaban J connectivity index is 1.74. The Morgan fingerprint density at radius 1 is 1.52 bits per heavy atom. The Kier molecular flexibility index (Phi) is 4.41. The van der Waals surface area contributed by atoms with Gasteiger partial charge < -0.3 is 19.5 Å². The highest BCUT2D eigenvalue weighted by Crippen LogP contribution is 2.42. The third-order valence-corrected chi connectivity index (χ3v) is 4.81. The molecule has 124 valence electrons. The van der Waals surface area contributed by atoms with Crippen molar-refractivity contribution < 1.29 is 19.4 Å². The molecule has 1 amide bonds. The number of likely N-dealkylation sites (tertiary alicyclic amines) is 1. The lowest BCUT2D eigenvalue weighted by atomic mass is 9.87. The summed E-state index contributed by atoms with van der Waals surface area (Å²) in [6, 6.07) is 7.94. The number of amides is 1. The number of benzene rings is 1. The van der Waals surface area contributed by atoms with Crippen LogP contribution in [0.1, 0.15) is 24.8 Å². The molecule has 2 heterocycles. The standard InChI is InChI=1S/C18H23NO4/c1-3-5-17(21)19-10-16(20)18(12-19)9-14(11-23-18)13-6-4-7-15(8-13)22-2/h3-8,14,16,20H,9-12H2,1-2H3/b5-3+/t14-,16+,18+/m0/s1. The fourth-order valence-corrected chi connectivity index (χ4v) is 3.54. The second-order valence-corrected chi connectivity index (χ2v) is 6.29. The van der Waals surface area contributed by atoms with Crippen LogP contribution in [0.2, 0.25) is 0 Å². The molecule has 0 bridgehead atoms. The highest BCUT2D eigenvalue weighted by Gasteiger charge is 2.52. The number of allylic oxidation sites excluding steroid dienone is 1. The van der Waals surface area contributed by atoms with Crippen molar-refractivity contribution in [1.82, 2.24) is 4.90 Å². The first-order chi connectivity index (χ1) is 11.1. The number of hydrogen-bond donors (Lipinski definition) is 1. The van der Waals surface area contributed by atoms with E-state index in [2.05, 4.69) is 6.07 Å². The molecule has 0 aliphatic carbocycles. The Morgan fingerprint density at radius 2 is 2.35 bits per heavy atom. The van der Waals surface area contributed by atoms with Crippen molar-refractivity contribution in [3.05, 3.63) is 42.0 Å². The molecule has 3 atom stereocenters. The van der Waals surface area contributed by atoms with Crippen molar-refractivity contribution in [2.24, 2.45) is 0 Å². The molecule has 0 unspecified atom stereocenters. The zero-order valence-electron chi connectivity index (χ0n) is 13.6. The van der Waals surface area contributed by atoms with Gasteiger partial charge in [-0.25, -0.2) is 0 Å². The number of carbonyl (C=O) groups is 1. The van der Waals surface area contributed by atoms with Gasteiger partial charge in [0.1, 0.15) is 17.5 Å². The van der Waals surface area contributed by atoms with Gasteiger partial charge in [-0.3, -0.25) is 4.79 Å². The molecular formula is C18H23NO4. The van der Waals surface area contributed by atoms with Crippen molar-refractivity contribution in [3.8, 4) is 5.75 Å². The molecular weight excluding hydrogens is 294 g/mol. The van der Waals surface area contributed by atoms with Gasteiger partial charge in [-0.15, -0.1) is 0 Å². The molecule has 0 saturated carbocycles. The zero-order valence-corrected chi connectivity index (χ0v) is 13.6. The average molecular weight is 317 g/mol. The van der Waals surface area contributed by atoms with E-state index in [4.69, 9.17) is 9.47 Å². The van der Waals surface area contributed by atoms with Gasteiger partial charge in [-0.05, 0) is 37.1 Å². The Hall–Kier alpha value is -1.85.